The quantitative estimate of drug-likeness (QED) is 0.759. The van der Waals surface area contributed by atoms with E-state index in [0.29, 0.717) is 0 Å². The summed E-state index contributed by atoms with van der Waals surface area (Å²) in [5.74, 6) is 0.759. The Kier molecular flexibility index (Phi) is 3.97. The van der Waals surface area contributed by atoms with E-state index in [4.69, 9.17) is 16.3 Å². The molecule has 1 aromatic heterocycles. The molecule has 0 radical (unpaired) electrons. The number of morpholine rings is 1. The Morgan fingerprint density at radius 2 is 2.35 bits per heavy atom. The third kappa shape index (κ3) is 2.94. The van der Waals surface area contributed by atoms with E-state index in [-0.39, 0.29) is 11.5 Å². The van der Waals surface area contributed by atoms with Crippen LogP contribution in [0.2, 0.25) is 0 Å². The Bertz CT molecular complexity index is 397. The summed E-state index contributed by atoms with van der Waals surface area (Å²) in [6, 6.07) is 0. The van der Waals surface area contributed by atoms with E-state index >= 15 is 0 Å². The zero-order valence-corrected chi connectivity index (χ0v) is 11.2. The van der Waals surface area contributed by atoms with Gasteiger partial charge in [-0.05, 0) is 20.9 Å². The topological polar surface area (TPSA) is 38.2 Å². The lowest BCUT2D eigenvalue weighted by Crippen LogP contribution is -2.36. The Morgan fingerprint density at radius 1 is 1.59 bits per heavy atom. The van der Waals surface area contributed by atoms with Gasteiger partial charge < -0.3 is 9.64 Å². The number of alkyl halides is 1. The monoisotopic (exact) mass is 255 g/mol. The predicted molar refractivity (Wildman–Crippen MR) is 67.2 cm³/mol. The molecule has 0 spiro atoms. The molecular formula is C12H18ClN3O. The van der Waals surface area contributed by atoms with Crippen LogP contribution in [0.1, 0.15) is 35.5 Å². The second-order valence-corrected chi connectivity index (χ2v) is 5.16. The third-order valence-electron chi connectivity index (χ3n) is 3.02. The van der Waals surface area contributed by atoms with E-state index < -0.39 is 0 Å². The van der Waals surface area contributed by atoms with Crippen molar-refractivity contribution in [3.8, 4) is 0 Å². The summed E-state index contributed by atoms with van der Waals surface area (Å²) in [5, 5.41) is -0.0565. The van der Waals surface area contributed by atoms with Gasteiger partial charge in [0.05, 0.1) is 12.0 Å². The Hall–Kier alpha value is -0.710. The number of nitrogens with zero attached hydrogens (tertiary/aromatic N) is 3. The molecule has 0 N–H and O–H groups in total. The standard InChI is InChI=1S/C12H18ClN3O/c1-8(13)10-6-14-12(15-9(10)2)11-7-16(3)4-5-17-11/h6,8,11H,4-5,7H2,1-3H3. The fraction of sp³-hybridized carbons (Fsp3) is 0.667. The van der Waals surface area contributed by atoms with Crippen molar-refractivity contribution >= 4 is 11.6 Å². The van der Waals surface area contributed by atoms with Gasteiger partial charge in [-0.3, -0.25) is 0 Å². The molecule has 1 aromatic rings. The molecule has 1 fully saturated rings. The lowest BCUT2D eigenvalue weighted by atomic mass is 10.2. The van der Waals surface area contributed by atoms with Gasteiger partial charge >= 0.3 is 0 Å². The SMILES string of the molecule is Cc1nc(C2CN(C)CCO2)ncc1C(C)Cl. The predicted octanol–water partition coefficient (Wildman–Crippen LogP) is 2.09. The number of halogens is 1. The maximum atomic E-state index is 6.05. The number of aromatic nitrogens is 2. The summed E-state index contributed by atoms with van der Waals surface area (Å²) >= 11 is 6.05. The largest absolute Gasteiger partial charge is 0.368 e. The van der Waals surface area contributed by atoms with Crippen molar-refractivity contribution in [3.05, 3.63) is 23.3 Å². The van der Waals surface area contributed by atoms with Crippen LogP contribution in [0.15, 0.2) is 6.20 Å². The second-order valence-electron chi connectivity index (χ2n) is 4.51. The summed E-state index contributed by atoms with van der Waals surface area (Å²) in [7, 11) is 2.08. The Labute approximate surface area is 107 Å². The van der Waals surface area contributed by atoms with Crippen LogP contribution in [0.25, 0.3) is 0 Å². The van der Waals surface area contributed by atoms with E-state index in [9.17, 15) is 0 Å². The van der Waals surface area contributed by atoms with Gasteiger partial charge in [0.25, 0.3) is 0 Å². The normalized spacial score (nSPS) is 23.6. The molecule has 2 unspecified atom stereocenters. The molecule has 5 heteroatoms. The molecule has 0 aromatic carbocycles. The lowest BCUT2D eigenvalue weighted by molar-refractivity contribution is -0.0255. The maximum Gasteiger partial charge on any atom is 0.158 e. The van der Waals surface area contributed by atoms with E-state index in [0.717, 1.165) is 36.8 Å². The van der Waals surface area contributed by atoms with Crippen molar-refractivity contribution < 1.29 is 4.74 Å². The smallest absolute Gasteiger partial charge is 0.158 e. The van der Waals surface area contributed by atoms with Crippen LogP contribution in [0.5, 0.6) is 0 Å². The molecule has 17 heavy (non-hydrogen) atoms. The number of aryl methyl sites for hydroxylation is 1. The molecule has 94 valence electrons. The van der Waals surface area contributed by atoms with Crippen molar-refractivity contribution in [2.75, 3.05) is 26.7 Å². The Balaban J connectivity index is 2.19. The van der Waals surface area contributed by atoms with Crippen LogP contribution >= 0.6 is 11.6 Å². The van der Waals surface area contributed by atoms with Gasteiger partial charge in [-0.25, -0.2) is 9.97 Å². The van der Waals surface area contributed by atoms with Crippen LogP contribution in [-0.2, 0) is 4.74 Å². The fourth-order valence-corrected chi connectivity index (χ4v) is 2.19. The summed E-state index contributed by atoms with van der Waals surface area (Å²) in [4.78, 5) is 11.1. The first-order chi connectivity index (χ1) is 8.08. The lowest BCUT2D eigenvalue weighted by Gasteiger charge is -2.29. The minimum Gasteiger partial charge on any atom is -0.368 e. The fourth-order valence-electron chi connectivity index (χ4n) is 1.97. The summed E-state index contributed by atoms with van der Waals surface area (Å²) in [6.07, 6.45) is 1.79. The molecule has 2 rings (SSSR count). The molecule has 1 aliphatic heterocycles. The van der Waals surface area contributed by atoms with Crippen LogP contribution < -0.4 is 0 Å². The highest BCUT2D eigenvalue weighted by Gasteiger charge is 2.22. The van der Waals surface area contributed by atoms with Gasteiger partial charge in [-0.2, -0.15) is 0 Å². The molecule has 0 bridgehead atoms. The van der Waals surface area contributed by atoms with Gasteiger partial charge in [0.1, 0.15) is 6.10 Å². The average molecular weight is 256 g/mol. The first-order valence-corrected chi connectivity index (χ1v) is 6.29. The number of likely N-dealkylation sites (N-methyl/N-ethyl adjacent to an activating group) is 1. The molecule has 1 aliphatic rings. The van der Waals surface area contributed by atoms with Gasteiger partial charge in [-0.15, -0.1) is 11.6 Å². The van der Waals surface area contributed by atoms with E-state index in [1.165, 1.54) is 0 Å². The number of ether oxygens (including phenoxy) is 1. The highest BCUT2D eigenvalue weighted by atomic mass is 35.5. The first kappa shape index (κ1) is 12.7. The third-order valence-corrected chi connectivity index (χ3v) is 3.26. The van der Waals surface area contributed by atoms with Gasteiger partial charge in [0.15, 0.2) is 5.82 Å². The van der Waals surface area contributed by atoms with Crippen LogP contribution in [0.3, 0.4) is 0 Å². The van der Waals surface area contributed by atoms with Crippen molar-refractivity contribution in [1.82, 2.24) is 14.9 Å². The highest BCUT2D eigenvalue weighted by molar-refractivity contribution is 6.20. The summed E-state index contributed by atoms with van der Waals surface area (Å²) in [5.41, 5.74) is 1.92. The van der Waals surface area contributed by atoms with Gasteiger partial charge in [0, 0.05) is 30.5 Å². The van der Waals surface area contributed by atoms with E-state index in [1.54, 1.807) is 0 Å². The zero-order valence-electron chi connectivity index (χ0n) is 10.5. The van der Waals surface area contributed by atoms with E-state index in [2.05, 4.69) is 21.9 Å². The Morgan fingerprint density at radius 3 is 2.94 bits per heavy atom. The first-order valence-electron chi connectivity index (χ1n) is 5.85. The second kappa shape index (κ2) is 5.29. The molecule has 0 amide bonds. The maximum absolute atomic E-state index is 6.05. The number of hydrogen-bond donors (Lipinski definition) is 0. The van der Waals surface area contributed by atoms with E-state index in [1.807, 2.05) is 20.0 Å². The summed E-state index contributed by atoms with van der Waals surface area (Å²) in [6.45, 7) is 6.43. The molecule has 0 saturated carbocycles. The molecule has 0 aliphatic carbocycles. The van der Waals surface area contributed by atoms with Crippen molar-refractivity contribution in [3.63, 3.8) is 0 Å². The van der Waals surface area contributed by atoms with Crippen LogP contribution in [0, 0.1) is 6.92 Å². The van der Waals surface area contributed by atoms with Crippen LogP contribution in [0.4, 0.5) is 0 Å². The minimum absolute atomic E-state index is 0.0212. The number of hydrogen-bond acceptors (Lipinski definition) is 4. The molecule has 4 nitrogen and oxygen atoms in total. The molecule has 2 atom stereocenters. The molecule has 2 heterocycles. The molecule has 1 saturated heterocycles. The van der Waals surface area contributed by atoms with Crippen molar-refractivity contribution in [1.29, 1.82) is 0 Å². The van der Waals surface area contributed by atoms with Crippen molar-refractivity contribution in [2.24, 2.45) is 0 Å². The number of rotatable bonds is 2. The summed E-state index contributed by atoms with van der Waals surface area (Å²) < 4.78 is 5.69. The average Bonchev–Trinajstić information content (AvgIpc) is 2.28. The van der Waals surface area contributed by atoms with Crippen LogP contribution in [-0.4, -0.2) is 41.6 Å². The zero-order chi connectivity index (χ0) is 12.4. The van der Waals surface area contributed by atoms with Crippen molar-refractivity contribution in [2.45, 2.75) is 25.3 Å². The highest BCUT2D eigenvalue weighted by Crippen LogP contribution is 2.24. The minimum atomic E-state index is -0.0565. The molecular weight excluding hydrogens is 238 g/mol. The van der Waals surface area contributed by atoms with Gasteiger partial charge in [0.2, 0.25) is 0 Å². The van der Waals surface area contributed by atoms with Gasteiger partial charge in [-0.1, -0.05) is 0 Å².